The Morgan fingerprint density at radius 3 is 1.82 bits per heavy atom. The fourth-order valence-corrected chi connectivity index (χ4v) is 0.264. The van der Waals surface area contributed by atoms with Gasteiger partial charge in [-0.2, -0.15) is 0 Å². The summed E-state index contributed by atoms with van der Waals surface area (Å²) in [5, 5.41) is 25.7. The molecule has 0 aromatic heterocycles. The van der Waals surface area contributed by atoms with Gasteiger partial charge in [-0.15, -0.1) is 0 Å². The number of nitrogens with one attached hydrogen (secondary N) is 1. The van der Waals surface area contributed by atoms with Gasteiger partial charge in [-0.25, -0.2) is 0 Å². The molecule has 0 radical (unpaired) electrons. The SMILES string of the molecule is CCCC(=O)O.OCNCO. The van der Waals surface area contributed by atoms with Gasteiger partial charge in [0.05, 0.1) is 13.5 Å². The predicted octanol–water partition coefficient (Wildman–Crippen LogP) is -0.653. The molecule has 11 heavy (non-hydrogen) atoms. The van der Waals surface area contributed by atoms with Crippen molar-refractivity contribution >= 4 is 5.97 Å². The number of hydrogen-bond donors (Lipinski definition) is 4. The first kappa shape index (κ1) is 13.0. The first-order chi connectivity index (χ1) is 5.18. The number of rotatable bonds is 4. The van der Waals surface area contributed by atoms with Crippen LogP contribution in [0, 0.1) is 0 Å². The molecule has 0 aliphatic heterocycles. The molecule has 0 rings (SSSR count). The molecule has 5 heteroatoms. The minimum atomic E-state index is -0.711. The Labute approximate surface area is 65.7 Å². The van der Waals surface area contributed by atoms with Crippen molar-refractivity contribution in [2.24, 2.45) is 0 Å². The summed E-state index contributed by atoms with van der Waals surface area (Å²) in [5.41, 5.74) is 0. The predicted molar refractivity (Wildman–Crippen MR) is 39.9 cm³/mol. The fraction of sp³-hybridized carbons (Fsp3) is 0.833. The van der Waals surface area contributed by atoms with Crippen LogP contribution >= 0.6 is 0 Å². The van der Waals surface area contributed by atoms with E-state index in [1.54, 1.807) is 0 Å². The van der Waals surface area contributed by atoms with Gasteiger partial charge in [-0.1, -0.05) is 6.92 Å². The molecule has 0 amide bonds. The molecule has 0 aromatic rings. The lowest BCUT2D eigenvalue weighted by molar-refractivity contribution is -0.137. The maximum absolute atomic E-state index is 9.60. The second kappa shape index (κ2) is 12.1. The maximum Gasteiger partial charge on any atom is 0.303 e. The van der Waals surface area contributed by atoms with Gasteiger partial charge in [0.15, 0.2) is 0 Å². The van der Waals surface area contributed by atoms with E-state index in [4.69, 9.17) is 15.3 Å². The molecule has 0 fully saturated rings. The summed E-state index contributed by atoms with van der Waals surface area (Å²) in [7, 11) is 0. The summed E-state index contributed by atoms with van der Waals surface area (Å²) in [6.07, 6.45) is 1.02. The molecule has 0 heterocycles. The molecular weight excluding hydrogens is 150 g/mol. The van der Waals surface area contributed by atoms with E-state index >= 15 is 0 Å². The Bertz CT molecular complexity index is 84.7. The summed E-state index contributed by atoms with van der Waals surface area (Å²) in [6, 6.07) is 0. The molecule has 0 atom stereocenters. The topological polar surface area (TPSA) is 89.8 Å². The third-order valence-electron chi connectivity index (χ3n) is 0.687. The van der Waals surface area contributed by atoms with Crippen LogP contribution in [0.1, 0.15) is 19.8 Å². The summed E-state index contributed by atoms with van der Waals surface area (Å²) in [6.45, 7) is 1.53. The van der Waals surface area contributed by atoms with Crippen LogP contribution in [-0.4, -0.2) is 34.8 Å². The zero-order valence-electron chi connectivity index (χ0n) is 6.58. The highest BCUT2D eigenvalue weighted by molar-refractivity contribution is 5.66. The molecule has 0 unspecified atom stereocenters. The normalized spacial score (nSPS) is 8.27. The van der Waals surface area contributed by atoms with Crippen molar-refractivity contribution in [3.63, 3.8) is 0 Å². The van der Waals surface area contributed by atoms with Crippen molar-refractivity contribution in [2.75, 3.05) is 13.5 Å². The van der Waals surface area contributed by atoms with Crippen LogP contribution in [0.3, 0.4) is 0 Å². The molecule has 0 saturated carbocycles. The van der Waals surface area contributed by atoms with Crippen LogP contribution in [0.4, 0.5) is 0 Å². The second-order valence-corrected chi connectivity index (χ2v) is 1.71. The van der Waals surface area contributed by atoms with Crippen molar-refractivity contribution in [1.29, 1.82) is 0 Å². The van der Waals surface area contributed by atoms with E-state index < -0.39 is 5.97 Å². The van der Waals surface area contributed by atoms with E-state index in [1.165, 1.54) is 0 Å². The van der Waals surface area contributed by atoms with Crippen LogP contribution in [-0.2, 0) is 4.79 Å². The van der Waals surface area contributed by atoms with Crippen LogP contribution in [0.2, 0.25) is 0 Å². The third kappa shape index (κ3) is 26.7. The molecule has 0 saturated heterocycles. The summed E-state index contributed by atoms with van der Waals surface area (Å²) >= 11 is 0. The van der Waals surface area contributed by atoms with Gasteiger partial charge in [0.25, 0.3) is 0 Å². The number of carbonyl (C=O) groups is 1. The van der Waals surface area contributed by atoms with E-state index in [0.29, 0.717) is 6.42 Å². The molecule has 4 N–H and O–H groups in total. The second-order valence-electron chi connectivity index (χ2n) is 1.71. The van der Waals surface area contributed by atoms with Gasteiger partial charge in [-0.05, 0) is 6.42 Å². The highest BCUT2D eigenvalue weighted by Crippen LogP contribution is 1.82. The Morgan fingerprint density at radius 2 is 1.82 bits per heavy atom. The van der Waals surface area contributed by atoms with Crippen LogP contribution in [0.5, 0.6) is 0 Å². The van der Waals surface area contributed by atoms with Crippen molar-refractivity contribution in [3.8, 4) is 0 Å². The smallest absolute Gasteiger partial charge is 0.303 e. The Morgan fingerprint density at radius 1 is 1.36 bits per heavy atom. The summed E-state index contributed by atoms with van der Waals surface area (Å²) < 4.78 is 0. The molecular formula is C6H15NO4. The monoisotopic (exact) mass is 165 g/mol. The fourth-order valence-electron chi connectivity index (χ4n) is 0.264. The zero-order chi connectivity index (χ0) is 9.11. The lowest BCUT2D eigenvalue weighted by Crippen LogP contribution is -2.14. The number of aliphatic hydroxyl groups excluding tert-OH is 2. The van der Waals surface area contributed by atoms with E-state index in [-0.39, 0.29) is 13.5 Å². The molecule has 0 aliphatic rings. The first-order valence-electron chi connectivity index (χ1n) is 3.33. The van der Waals surface area contributed by atoms with Gasteiger partial charge in [-0.3, -0.25) is 10.1 Å². The highest BCUT2D eigenvalue weighted by Gasteiger charge is 1.87. The van der Waals surface area contributed by atoms with E-state index in [0.717, 1.165) is 6.42 Å². The number of aliphatic carboxylic acids is 1. The lowest BCUT2D eigenvalue weighted by atomic mass is 10.4. The highest BCUT2D eigenvalue weighted by atomic mass is 16.4. The minimum Gasteiger partial charge on any atom is -0.481 e. The molecule has 5 nitrogen and oxygen atoms in total. The van der Waals surface area contributed by atoms with Gasteiger partial charge < -0.3 is 15.3 Å². The average molecular weight is 165 g/mol. The van der Waals surface area contributed by atoms with E-state index in [9.17, 15) is 4.79 Å². The maximum atomic E-state index is 9.60. The summed E-state index contributed by atoms with van der Waals surface area (Å²) in [4.78, 5) is 9.60. The Balaban J connectivity index is 0. The average Bonchev–Trinajstić information content (AvgIpc) is 1.90. The molecule has 0 bridgehead atoms. The Kier molecular flexibility index (Phi) is 14.2. The molecule has 0 aromatic carbocycles. The molecule has 0 spiro atoms. The van der Waals surface area contributed by atoms with E-state index in [2.05, 4.69) is 5.32 Å². The zero-order valence-corrected chi connectivity index (χ0v) is 6.58. The largest absolute Gasteiger partial charge is 0.481 e. The van der Waals surface area contributed by atoms with Crippen molar-refractivity contribution in [1.82, 2.24) is 5.32 Å². The molecule has 68 valence electrons. The third-order valence-corrected chi connectivity index (χ3v) is 0.687. The van der Waals surface area contributed by atoms with Gasteiger partial charge >= 0.3 is 5.97 Å². The number of aliphatic hydroxyl groups is 2. The van der Waals surface area contributed by atoms with E-state index in [1.807, 2.05) is 6.92 Å². The van der Waals surface area contributed by atoms with Gasteiger partial charge in [0.2, 0.25) is 0 Å². The van der Waals surface area contributed by atoms with Crippen LogP contribution < -0.4 is 5.32 Å². The number of carboxylic acids is 1. The first-order valence-corrected chi connectivity index (χ1v) is 3.33. The van der Waals surface area contributed by atoms with Crippen molar-refractivity contribution in [3.05, 3.63) is 0 Å². The van der Waals surface area contributed by atoms with Crippen molar-refractivity contribution < 1.29 is 20.1 Å². The van der Waals surface area contributed by atoms with Gasteiger partial charge in [0, 0.05) is 6.42 Å². The molecule has 0 aliphatic carbocycles. The number of carboxylic acid groups (broad SMARTS) is 1. The lowest BCUT2D eigenvalue weighted by Gasteiger charge is -1.85. The quantitative estimate of drug-likeness (QED) is 0.415. The minimum absolute atomic E-state index is 0.156. The summed E-state index contributed by atoms with van der Waals surface area (Å²) in [5.74, 6) is -0.711. The van der Waals surface area contributed by atoms with Crippen LogP contribution in [0.25, 0.3) is 0 Å². The number of hydrogen-bond acceptors (Lipinski definition) is 4. The van der Waals surface area contributed by atoms with Crippen LogP contribution in [0.15, 0.2) is 0 Å². The van der Waals surface area contributed by atoms with Crippen molar-refractivity contribution in [2.45, 2.75) is 19.8 Å². The standard InChI is InChI=1S/C4H8O2.C2H7NO2/c1-2-3-4(5)6;4-1-3-2-5/h2-3H2,1H3,(H,5,6);3-5H,1-2H2. The Hall–Kier alpha value is -0.650. The van der Waals surface area contributed by atoms with Gasteiger partial charge in [0.1, 0.15) is 0 Å².